The van der Waals surface area contributed by atoms with Crippen molar-refractivity contribution >= 4 is 29.7 Å². The van der Waals surface area contributed by atoms with Crippen LogP contribution >= 0.6 is 23.7 Å². The van der Waals surface area contributed by atoms with Gasteiger partial charge in [-0.25, -0.2) is 0 Å². The van der Waals surface area contributed by atoms with Crippen LogP contribution in [0.25, 0.3) is 0 Å². The Balaban J connectivity index is 0.00000312. The van der Waals surface area contributed by atoms with Crippen molar-refractivity contribution in [2.75, 3.05) is 20.8 Å². The Morgan fingerprint density at radius 3 is 2.48 bits per heavy atom. The molecule has 0 aliphatic carbocycles. The van der Waals surface area contributed by atoms with E-state index in [-0.39, 0.29) is 18.3 Å². The first-order valence-corrected chi connectivity index (χ1v) is 8.75. The summed E-state index contributed by atoms with van der Waals surface area (Å²) in [6, 6.07) is 7.33. The van der Waals surface area contributed by atoms with Crippen molar-refractivity contribution in [2.24, 2.45) is 5.73 Å². The van der Waals surface area contributed by atoms with Crippen molar-refractivity contribution in [3.63, 3.8) is 0 Å². The molecule has 25 heavy (non-hydrogen) atoms. The van der Waals surface area contributed by atoms with E-state index in [1.54, 1.807) is 32.5 Å². The molecule has 2 N–H and O–H groups in total. The Bertz CT molecular complexity index is 662. The Labute approximate surface area is 159 Å². The molecule has 1 aromatic carbocycles. The molecule has 0 radical (unpaired) electrons. The minimum absolute atomic E-state index is 0. The average Bonchev–Trinajstić information content (AvgIpc) is 3.10. The number of hydrogen-bond acceptors (Lipinski definition) is 5. The van der Waals surface area contributed by atoms with Crippen LogP contribution in [0.3, 0.4) is 0 Å². The van der Waals surface area contributed by atoms with E-state index >= 15 is 0 Å². The molecular weight excluding hydrogens is 360 g/mol. The lowest BCUT2D eigenvalue weighted by atomic mass is 10.1. The number of thiophene rings is 1. The maximum Gasteiger partial charge on any atom is 0.239 e. The van der Waals surface area contributed by atoms with Gasteiger partial charge in [-0.05, 0) is 53.4 Å². The maximum atomic E-state index is 12.4. The van der Waals surface area contributed by atoms with Crippen LogP contribution in [0.1, 0.15) is 18.1 Å². The van der Waals surface area contributed by atoms with E-state index in [2.05, 4.69) is 5.38 Å². The van der Waals surface area contributed by atoms with Gasteiger partial charge < -0.3 is 20.1 Å². The second kappa shape index (κ2) is 10.3. The quantitative estimate of drug-likeness (QED) is 0.759. The van der Waals surface area contributed by atoms with Gasteiger partial charge in [0.05, 0.1) is 20.3 Å². The van der Waals surface area contributed by atoms with Gasteiger partial charge in [0.1, 0.15) is 0 Å². The smallest absolute Gasteiger partial charge is 0.239 e. The zero-order valence-corrected chi connectivity index (χ0v) is 16.4. The Kier molecular flexibility index (Phi) is 8.75. The fourth-order valence-electron chi connectivity index (χ4n) is 2.46. The third kappa shape index (κ3) is 5.92. The summed E-state index contributed by atoms with van der Waals surface area (Å²) >= 11 is 1.63. The molecule has 0 aliphatic rings. The fraction of sp³-hybridized carbons (Fsp3) is 0.389. The van der Waals surface area contributed by atoms with Crippen LogP contribution in [0.4, 0.5) is 0 Å². The number of hydrogen-bond donors (Lipinski definition) is 1. The average molecular weight is 385 g/mol. The van der Waals surface area contributed by atoms with Crippen LogP contribution in [0.15, 0.2) is 35.0 Å². The lowest BCUT2D eigenvalue weighted by Gasteiger charge is -2.24. The van der Waals surface area contributed by atoms with Crippen LogP contribution < -0.4 is 15.2 Å². The van der Waals surface area contributed by atoms with Crippen molar-refractivity contribution in [3.05, 3.63) is 46.2 Å². The van der Waals surface area contributed by atoms with Gasteiger partial charge in [-0.3, -0.25) is 4.79 Å². The van der Waals surface area contributed by atoms with Gasteiger partial charge in [0.25, 0.3) is 0 Å². The molecule has 138 valence electrons. The molecule has 0 fully saturated rings. The second-order valence-corrected chi connectivity index (χ2v) is 6.40. The summed E-state index contributed by atoms with van der Waals surface area (Å²) in [6.45, 7) is 2.90. The summed E-state index contributed by atoms with van der Waals surface area (Å²) in [5.74, 6) is 1.35. The number of carbonyl (C=O) groups excluding carboxylic acids is 1. The predicted molar refractivity (Wildman–Crippen MR) is 104 cm³/mol. The molecule has 1 aromatic heterocycles. The summed E-state index contributed by atoms with van der Waals surface area (Å²) in [5, 5.41) is 4.07. The minimum Gasteiger partial charge on any atom is -0.493 e. The molecule has 1 atom stereocenters. The third-order valence-corrected chi connectivity index (χ3v) is 4.51. The number of methoxy groups -OCH3 is 2. The van der Waals surface area contributed by atoms with Gasteiger partial charge in [0.15, 0.2) is 11.5 Å². The second-order valence-electron chi connectivity index (χ2n) is 5.62. The highest BCUT2D eigenvalue weighted by Crippen LogP contribution is 2.27. The Morgan fingerprint density at radius 2 is 1.92 bits per heavy atom. The predicted octanol–water partition coefficient (Wildman–Crippen LogP) is 3.11. The summed E-state index contributed by atoms with van der Waals surface area (Å²) in [5.41, 5.74) is 8.00. The van der Waals surface area contributed by atoms with Crippen molar-refractivity contribution in [3.8, 4) is 11.5 Å². The molecule has 1 amide bonds. The number of ether oxygens (including phenoxy) is 2. The molecule has 5 nitrogen and oxygen atoms in total. The number of halogens is 1. The molecule has 7 heteroatoms. The topological polar surface area (TPSA) is 64.8 Å². The molecular formula is C18H25ClN2O3S. The number of carbonyl (C=O) groups is 1. The van der Waals surface area contributed by atoms with Gasteiger partial charge >= 0.3 is 0 Å². The van der Waals surface area contributed by atoms with Crippen LogP contribution in [-0.4, -0.2) is 37.6 Å². The molecule has 1 heterocycles. The zero-order chi connectivity index (χ0) is 17.5. The van der Waals surface area contributed by atoms with E-state index in [0.29, 0.717) is 24.6 Å². The van der Waals surface area contributed by atoms with Crippen LogP contribution in [-0.2, 0) is 17.8 Å². The molecule has 0 saturated carbocycles. The van der Waals surface area contributed by atoms with Gasteiger partial charge in [-0.15, -0.1) is 12.4 Å². The third-order valence-electron chi connectivity index (χ3n) is 3.77. The lowest BCUT2D eigenvalue weighted by molar-refractivity contribution is -0.132. The Hall–Kier alpha value is -1.76. The summed E-state index contributed by atoms with van der Waals surface area (Å²) in [7, 11) is 3.23. The van der Waals surface area contributed by atoms with E-state index < -0.39 is 6.04 Å². The van der Waals surface area contributed by atoms with E-state index in [4.69, 9.17) is 15.2 Å². The van der Waals surface area contributed by atoms with Crippen molar-refractivity contribution < 1.29 is 14.3 Å². The zero-order valence-electron chi connectivity index (χ0n) is 14.7. The van der Waals surface area contributed by atoms with Gasteiger partial charge in [-0.2, -0.15) is 11.3 Å². The van der Waals surface area contributed by atoms with E-state index in [1.165, 1.54) is 0 Å². The summed E-state index contributed by atoms with van der Waals surface area (Å²) < 4.78 is 10.6. The molecule has 2 aromatic rings. The maximum absolute atomic E-state index is 12.4. The molecule has 2 rings (SSSR count). The van der Waals surface area contributed by atoms with Gasteiger partial charge in [-0.1, -0.05) is 6.07 Å². The van der Waals surface area contributed by atoms with Crippen molar-refractivity contribution in [1.82, 2.24) is 4.90 Å². The first-order valence-electron chi connectivity index (χ1n) is 7.81. The number of benzene rings is 1. The number of rotatable bonds is 8. The van der Waals surface area contributed by atoms with Gasteiger partial charge in [0, 0.05) is 13.1 Å². The van der Waals surface area contributed by atoms with Crippen LogP contribution in [0.5, 0.6) is 11.5 Å². The fourth-order valence-corrected chi connectivity index (χ4v) is 3.12. The first kappa shape index (κ1) is 21.3. The van der Waals surface area contributed by atoms with Crippen molar-refractivity contribution in [1.29, 1.82) is 0 Å². The summed E-state index contributed by atoms with van der Waals surface area (Å²) in [6.07, 6.45) is 0.725. The summed E-state index contributed by atoms with van der Waals surface area (Å²) in [4.78, 5) is 14.2. The number of amides is 1. The lowest BCUT2D eigenvalue weighted by Crippen LogP contribution is -2.42. The highest BCUT2D eigenvalue weighted by atomic mass is 35.5. The molecule has 0 unspecified atom stereocenters. The van der Waals surface area contributed by atoms with Crippen LogP contribution in [0, 0.1) is 0 Å². The standard InChI is InChI=1S/C18H24N2O3S.ClH/c1-13(19)18(21)20(11-15-7-9-24-12-15)8-6-14-4-5-16(22-2)17(10-14)23-3;/h4-5,7,9-10,12-13H,6,8,11,19H2,1-3H3;1H/t13-;/m0./s1. The van der Waals surface area contributed by atoms with E-state index in [0.717, 1.165) is 17.5 Å². The number of nitrogens with two attached hydrogens (primary N) is 1. The SMILES string of the molecule is COc1ccc(CCN(Cc2ccsc2)C(=O)[C@H](C)N)cc1OC.Cl. The highest BCUT2D eigenvalue weighted by Gasteiger charge is 2.18. The van der Waals surface area contributed by atoms with Crippen molar-refractivity contribution in [2.45, 2.75) is 25.9 Å². The monoisotopic (exact) mass is 384 g/mol. The first-order chi connectivity index (χ1) is 11.5. The Morgan fingerprint density at radius 1 is 1.20 bits per heavy atom. The van der Waals surface area contributed by atoms with Gasteiger partial charge in [0.2, 0.25) is 5.91 Å². The minimum atomic E-state index is -0.506. The number of nitrogens with zero attached hydrogens (tertiary/aromatic N) is 1. The normalized spacial score (nSPS) is 11.4. The largest absolute Gasteiger partial charge is 0.493 e. The highest BCUT2D eigenvalue weighted by molar-refractivity contribution is 7.07. The molecule has 0 aliphatic heterocycles. The molecule has 0 spiro atoms. The van der Waals surface area contributed by atoms with E-state index in [9.17, 15) is 4.79 Å². The molecule has 0 bridgehead atoms. The van der Waals surface area contributed by atoms with E-state index in [1.807, 2.05) is 34.5 Å². The van der Waals surface area contributed by atoms with Crippen LogP contribution in [0.2, 0.25) is 0 Å². The molecule has 0 saturated heterocycles.